The van der Waals surface area contributed by atoms with Crippen LogP contribution >= 0.6 is 0 Å². The highest BCUT2D eigenvalue weighted by molar-refractivity contribution is 5.83. The zero-order valence-electron chi connectivity index (χ0n) is 10.2. The van der Waals surface area contributed by atoms with E-state index in [1.807, 2.05) is 31.2 Å². The highest BCUT2D eigenvalue weighted by Gasteiger charge is 2.30. The normalized spacial score (nSPS) is 21.7. The Balaban J connectivity index is 2.09. The number of amides is 1. The van der Waals surface area contributed by atoms with E-state index in [1.165, 1.54) is 0 Å². The molecule has 1 aromatic carbocycles. The molecule has 0 bridgehead atoms. The molecule has 0 aliphatic carbocycles. The number of benzene rings is 1. The Morgan fingerprint density at radius 3 is 2.88 bits per heavy atom. The number of carbonyl (C=O) groups excluding carboxylic acids is 1. The van der Waals surface area contributed by atoms with Crippen LogP contribution in [0.25, 0.3) is 0 Å². The van der Waals surface area contributed by atoms with Crippen LogP contribution in [0.1, 0.15) is 24.9 Å². The first-order chi connectivity index (χ1) is 8.08. The molecule has 2 rings (SSSR count). The number of hydrogen-bond donors (Lipinski definition) is 1. The van der Waals surface area contributed by atoms with Gasteiger partial charge in [0.05, 0.1) is 0 Å². The zero-order chi connectivity index (χ0) is 12.4. The summed E-state index contributed by atoms with van der Waals surface area (Å²) in [5, 5.41) is 0. The van der Waals surface area contributed by atoms with Gasteiger partial charge < -0.3 is 15.4 Å². The van der Waals surface area contributed by atoms with Gasteiger partial charge in [-0.15, -0.1) is 0 Å². The second-order valence-corrected chi connectivity index (χ2v) is 4.52. The average molecular weight is 234 g/mol. The van der Waals surface area contributed by atoms with Gasteiger partial charge in [-0.3, -0.25) is 4.79 Å². The van der Waals surface area contributed by atoms with Crippen LogP contribution in [0.4, 0.5) is 0 Å². The number of carbonyl (C=O) groups is 1. The quantitative estimate of drug-likeness (QED) is 0.858. The molecule has 0 saturated carbocycles. The Bertz CT molecular complexity index is 418. The highest BCUT2D eigenvalue weighted by Crippen LogP contribution is 2.21. The van der Waals surface area contributed by atoms with E-state index >= 15 is 0 Å². The number of likely N-dealkylation sites (N-methyl/N-ethyl adjacent to an activating group) is 1. The van der Waals surface area contributed by atoms with Crippen molar-refractivity contribution >= 4 is 5.91 Å². The Morgan fingerprint density at radius 2 is 2.29 bits per heavy atom. The number of nitrogens with zero attached hydrogens (tertiary/aromatic N) is 1. The SMILES string of the molecule is C[C@H](N)c1cccc(OC2CCN(C)C2=O)c1. The van der Waals surface area contributed by atoms with Gasteiger partial charge in [0.2, 0.25) is 0 Å². The topological polar surface area (TPSA) is 55.6 Å². The van der Waals surface area contributed by atoms with Crippen molar-refractivity contribution in [3.63, 3.8) is 0 Å². The van der Waals surface area contributed by atoms with E-state index in [-0.39, 0.29) is 18.1 Å². The van der Waals surface area contributed by atoms with Crippen LogP contribution < -0.4 is 10.5 Å². The molecule has 2 atom stereocenters. The smallest absolute Gasteiger partial charge is 0.263 e. The van der Waals surface area contributed by atoms with Crippen molar-refractivity contribution in [3.05, 3.63) is 29.8 Å². The molecular weight excluding hydrogens is 216 g/mol. The van der Waals surface area contributed by atoms with Crippen LogP contribution in [-0.4, -0.2) is 30.5 Å². The fourth-order valence-electron chi connectivity index (χ4n) is 1.94. The number of nitrogens with two attached hydrogens (primary N) is 1. The third-order valence-electron chi connectivity index (χ3n) is 3.04. The molecule has 1 unspecified atom stereocenters. The van der Waals surface area contributed by atoms with E-state index in [0.717, 1.165) is 18.5 Å². The van der Waals surface area contributed by atoms with Crippen LogP contribution in [0, 0.1) is 0 Å². The standard InChI is InChI=1S/C13H18N2O2/c1-9(14)10-4-3-5-11(8-10)17-12-6-7-15(2)13(12)16/h3-5,8-9,12H,6-7,14H2,1-2H3/t9-,12?/m0/s1. The molecule has 1 fully saturated rings. The van der Waals surface area contributed by atoms with Gasteiger partial charge in [0, 0.05) is 26.1 Å². The van der Waals surface area contributed by atoms with E-state index in [1.54, 1.807) is 11.9 Å². The molecule has 1 aliphatic heterocycles. The first kappa shape index (κ1) is 11.9. The zero-order valence-corrected chi connectivity index (χ0v) is 10.2. The summed E-state index contributed by atoms with van der Waals surface area (Å²) in [6, 6.07) is 7.59. The molecule has 2 N–H and O–H groups in total. The molecule has 1 amide bonds. The molecule has 0 spiro atoms. The summed E-state index contributed by atoms with van der Waals surface area (Å²) in [6.07, 6.45) is 0.404. The summed E-state index contributed by atoms with van der Waals surface area (Å²) in [6.45, 7) is 2.68. The summed E-state index contributed by atoms with van der Waals surface area (Å²) in [7, 11) is 1.80. The molecule has 1 aliphatic rings. The molecule has 1 aromatic rings. The Labute approximate surface area is 101 Å². The largest absolute Gasteiger partial charge is 0.481 e. The molecule has 92 valence electrons. The van der Waals surface area contributed by atoms with E-state index in [4.69, 9.17) is 10.5 Å². The second kappa shape index (κ2) is 4.75. The van der Waals surface area contributed by atoms with Crippen molar-refractivity contribution in [2.24, 2.45) is 5.73 Å². The van der Waals surface area contributed by atoms with Crippen molar-refractivity contribution in [1.82, 2.24) is 4.90 Å². The minimum atomic E-state index is -0.344. The summed E-state index contributed by atoms with van der Waals surface area (Å²) in [4.78, 5) is 13.4. The first-order valence-corrected chi connectivity index (χ1v) is 5.85. The van der Waals surface area contributed by atoms with Crippen LogP contribution in [0.15, 0.2) is 24.3 Å². The molecule has 1 saturated heterocycles. The lowest BCUT2D eigenvalue weighted by atomic mass is 10.1. The predicted octanol–water partition coefficient (Wildman–Crippen LogP) is 1.32. The lowest BCUT2D eigenvalue weighted by molar-refractivity contribution is -0.132. The van der Waals surface area contributed by atoms with Gasteiger partial charge in [-0.25, -0.2) is 0 Å². The van der Waals surface area contributed by atoms with Gasteiger partial charge in [-0.1, -0.05) is 12.1 Å². The van der Waals surface area contributed by atoms with Gasteiger partial charge in [-0.05, 0) is 24.6 Å². The Kier molecular flexibility index (Phi) is 3.33. The Morgan fingerprint density at radius 1 is 1.53 bits per heavy atom. The lowest BCUT2D eigenvalue weighted by Crippen LogP contribution is -2.29. The third-order valence-corrected chi connectivity index (χ3v) is 3.04. The second-order valence-electron chi connectivity index (χ2n) is 4.52. The van der Waals surface area contributed by atoms with Crippen molar-refractivity contribution in [2.75, 3.05) is 13.6 Å². The average Bonchev–Trinajstić information content (AvgIpc) is 2.61. The fraction of sp³-hybridized carbons (Fsp3) is 0.462. The first-order valence-electron chi connectivity index (χ1n) is 5.85. The maximum Gasteiger partial charge on any atom is 0.263 e. The molecule has 4 nitrogen and oxygen atoms in total. The maximum atomic E-state index is 11.7. The van der Waals surface area contributed by atoms with Gasteiger partial charge in [0.15, 0.2) is 6.10 Å². The minimum absolute atomic E-state index is 0.0273. The number of rotatable bonds is 3. The van der Waals surface area contributed by atoms with Gasteiger partial charge >= 0.3 is 0 Å². The van der Waals surface area contributed by atoms with E-state index in [9.17, 15) is 4.79 Å². The van der Waals surface area contributed by atoms with Crippen LogP contribution in [-0.2, 0) is 4.79 Å². The summed E-state index contributed by atoms with van der Waals surface area (Å²) < 4.78 is 5.70. The van der Waals surface area contributed by atoms with Crippen LogP contribution in [0.3, 0.4) is 0 Å². The molecule has 0 radical (unpaired) electrons. The van der Waals surface area contributed by atoms with Gasteiger partial charge in [0.1, 0.15) is 5.75 Å². The maximum absolute atomic E-state index is 11.7. The molecular formula is C13H18N2O2. The van der Waals surface area contributed by atoms with Crippen molar-refractivity contribution in [2.45, 2.75) is 25.5 Å². The molecule has 4 heteroatoms. The van der Waals surface area contributed by atoms with E-state index in [0.29, 0.717) is 5.75 Å². The third kappa shape index (κ3) is 2.58. The van der Waals surface area contributed by atoms with Crippen LogP contribution in [0.5, 0.6) is 5.75 Å². The number of likely N-dealkylation sites (tertiary alicyclic amines) is 1. The molecule has 0 aromatic heterocycles. The fourth-order valence-corrected chi connectivity index (χ4v) is 1.94. The number of hydrogen-bond acceptors (Lipinski definition) is 3. The van der Waals surface area contributed by atoms with Crippen molar-refractivity contribution < 1.29 is 9.53 Å². The lowest BCUT2D eigenvalue weighted by Gasteiger charge is -2.14. The summed E-state index contributed by atoms with van der Waals surface area (Å²) >= 11 is 0. The number of ether oxygens (including phenoxy) is 1. The van der Waals surface area contributed by atoms with Crippen molar-refractivity contribution in [3.8, 4) is 5.75 Å². The Hall–Kier alpha value is -1.55. The predicted molar refractivity (Wildman–Crippen MR) is 65.7 cm³/mol. The highest BCUT2D eigenvalue weighted by atomic mass is 16.5. The minimum Gasteiger partial charge on any atom is -0.481 e. The molecule has 1 heterocycles. The summed E-state index contributed by atoms with van der Waals surface area (Å²) in [5.74, 6) is 0.768. The van der Waals surface area contributed by atoms with Crippen molar-refractivity contribution in [1.29, 1.82) is 0 Å². The van der Waals surface area contributed by atoms with E-state index in [2.05, 4.69) is 0 Å². The van der Waals surface area contributed by atoms with Gasteiger partial charge in [-0.2, -0.15) is 0 Å². The van der Waals surface area contributed by atoms with Gasteiger partial charge in [0.25, 0.3) is 5.91 Å². The van der Waals surface area contributed by atoms with Crippen LogP contribution in [0.2, 0.25) is 0 Å². The molecule has 17 heavy (non-hydrogen) atoms. The monoisotopic (exact) mass is 234 g/mol. The van der Waals surface area contributed by atoms with E-state index < -0.39 is 0 Å². The summed E-state index contributed by atoms with van der Waals surface area (Å²) in [5.41, 5.74) is 6.82.